The highest BCUT2D eigenvalue weighted by molar-refractivity contribution is 7.99. The maximum absolute atomic E-state index is 12.2. The fourth-order valence-electron chi connectivity index (χ4n) is 2.67. The number of thioether (sulfide) groups is 1. The molecule has 2 N–H and O–H groups in total. The van der Waals surface area contributed by atoms with E-state index in [0.29, 0.717) is 19.5 Å². The number of nitrogens with zero attached hydrogens (tertiary/aromatic N) is 1. The first-order valence-corrected chi connectivity index (χ1v) is 7.63. The first-order chi connectivity index (χ1) is 9.65. The van der Waals surface area contributed by atoms with Crippen molar-refractivity contribution in [3.63, 3.8) is 0 Å². The molecule has 2 amide bonds. The molecule has 2 aliphatic heterocycles. The van der Waals surface area contributed by atoms with Crippen LogP contribution in [-0.2, 0) is 4.79 Å². The van der Waals surface area contributed by atoms with Gasteiger partial charge in [0, 0.05) is 23.7 Å². The van der Waals surface area contributed by atoms with Crippen LogP contribution in [0.25, 0.3) is 0 Å². The minimum absolute atomic E-state index is 0.0209. The molecule has 3 rings (SSSR count). The first kappa shape index (κ1) is 13.3. The Hall–Kier alpha value is -1.69. The van der Waals surface area contributed by atoms with E-state index in [1.165, 1.54) is 4.90 Å². The Bertz CT molecular complexity index is 549. The van der Waals surface area contributed by atoms with Crippen molar-refractivity contribution in [1.82, 2.24) is 10.2 Å². The third-order valence-electron chi connectivity index (χ3n) is 3.82. The predicted molar refractivity (Wildman–Crippen MR) is 75.8 cm³/mol. The molecule has 5 nitrogen and oxygen atoms in total. The summed E-state index contributed by atoms with van der Waals surface area (Å²) in [6, 6.07) is 7.92. The van der Waals surface area contributed by atoms with Crippen LogP contribution in [0.5, 0.6) is 0 Å². The molecule has 2 unspecified atom stereocenters. The minimum atomic E-state index is -0.818. The van der Waals surface area contributed by atoms with Gasteiger partial charge < -0.3 is 15.3 Å². The number of hydrogen-bond donors (Lipinski definition) is 2. The van der Waals surface area contributed by atoms with E-state index >= 15 is 0 Å². The number of fused-ring (bicyclic) bond motifs is 1. The fourth-order valence-corrected chi connectivity index (χ4v) is 3.83. The van der Waals surface area contributed by atoms with Crippen LogP contribution in [0.1, 0.15) is 18.0 Å². The van der Waals surface area contributed by atoms with Gasteiger partial charge in [0.15, 0.2) is 0 Å². The van der Waals surface area contributed by atoms with Crippen molar-refractivity contribution in [2.24, 2.45) is 5.92 Å². The summed E-state index contributed by atoms with van der Waals surface area (Å²) in [6.45, 7) is 0.826. The van der Waals surface area contributed by atoms with Gasteiger partial charge in [0.1, 0.15) is 0 Å². The minimum Gasteiger partial charge on any atom is -0.481 e. The van der Waals surface area contributed by atoms with Gasteiger partial charge in [0.2, 0.25) is 0 Å². The summed E-state index contributed by atoms with van der Waals surface area (Å²) in [7, 11) is 0. The molecular weight excluding hydrogens is 276 g/mol. The molecule has 0 saturated carbocycles. The van der Waals surface area contributed by atoms with Crippen LogP contribution in [0.2, 0.25) is 0 Å². The number of likely N-dealkylation sites (tertiary alicyclic amines) is 1. The number of hydrogen-bond acceptors (Lipinski definition) is 3. The Morgan fingerprint density at radius 1 is 1.35 bits per heavy atom. The van der Waals surface area contributed by atoms with Crippen LogP contribution in [0, 0.1) is 5.92 Å². The number of benzene rings is 1. The van der Waals surface area contributed by atoms with Crippen molar-refractivity contribution in [3.05, 3.63) is 29.8 Å². The number of urea groups is 1. The average molecular weight is 292 g/mol. The largest absolute Gasteiger partial charge is 0.481 e. The van der Waals surface area contributed by atoms with Gasteiger partial charge in [0.25, 0.3) is 0 Å². The number of amides is 2. The van der Waals surface area contributed by atoms with Crippen molar-refractivity contribution >= 4 is 23.8 Å². The average Bonchev–Trinajstić information content (AvgIpc) is 3.06. The number of carbonyl (C=O) groups excluding carboxylic acids is 1. The lowest BCUT2D eigenvalue weighted by molar-refractivity contribution is -0.141. The molecule has 2 aliphatic rings. The summed E-state index contributed by atoms with van der Waals surface area (Å²) in [4.78, 5) is 25.9. The van der Waals surface area contributed by atoms with Crippen LogP contribution >= 0.6 is 11.8 Å². The molecule has 1 aromatic carbocycles. The third kappa shape index (κ3) is 2.47. The molecule has 0 aliphatic carbocycles. The van der Waals surface area contributed by atoms with Crippen LogP contribution < -0.4 is 5.32 Å². The number of carbonyl (C=O) groups is 2. The topological polar surface area (TPSA) is 69.6 Å². The van der Waals surface area contributed by atoms with E-state index in [-0.39, 0.29) is 12.1 Å². The van der Waals surface area contributed by atoms with E-state index in [9.17, 15) is 9.59 Å². The number of rotatable bonds is 2. The van der Waals surface area contributed by atoms with Gasteiger partial charge in [-0.1, -0.05) is 18.2 Å². The van der Waals surface area contributed by atoms with Crippen molar-refractivity contribution in [1.29, 1.82) is 0 Å². The molecule has 0 spiro atoms. The van der Waals surface area contributed by atoms with Crippen molar-refractivity contribution in [2.45, 2.75) is 17.4 Å². The Morgan fingerprint density at radius 2 is 2.15 bits per heavy atom. The lowest BCUT2D eigenvalue weighted by Gasteiger charge is -2.20. The van der Waals surface area contributed by atoms with Crippen LogP contribution in [0.15, 0.2) is 29.2 Å². The maximum atomic E-state index is 12.2. The van der Waals surface area contributed by atoms with Crippen LogP contribution in [0.3, 0.4) is 0 Å². The normalized spacial score (nSPS) is 24.5. The van der Waals surface area contributed by atoms with Crippen LogP contribution in [0.4, 0.5) is 4.79 Å². The van der Waals surface area contributed by atoms with E-state index in [2.05, 4.69) is 11.4 Å². The van der Waals surface area contributed by atoms with E-state index in [1.807, 2.05) is 18.2 Å². The Labute approximate surface area is 121 Å². The number of nitrogens with one attached hydrogen (secondary N) is 1. The SMILES string of the molecule is O=C(O)C1CCN(C(=O)NC2CSc3ccccc32)C1. The number of aliphatic carboxylic acids is 1. The Morgan fingerprint density at radius 3 is 2.90 bits per heavy atom. The molecule has 2 atom stereocenters. The first-order valence-electron chi connectivity index (χ1n) is 6.65. The van der Waals surface area contributed by atoms with Crippen LogP contribution in [-0.4, -0.2) is 40.8 Å². The fraction of sp³-hybridized carbons (Fsp3) is 0.429. The zero-order valence-electron chi connectivity index (χ0n) is 10.9. The quantitative estimate of drug-likeness (QED) is 0.874. The predicted octanol–water partition coefficient (Wildman–Crippen LogP) is 1.95. The summed E-state index contributed by atoms with van der Waals surface area (Å²) in [5, 5.41) is 12.0. The molecule has 0 radical (unpaired) electrons. The zero-order valence-corrected chi connectivity index (χ0v) is 11.7. The summed E-state index contributed by atoms with van der Waals surface area (Å²) in [5.74, 6) is -0.408. The Kier molecular flexibility index (Phi) is 3.56. The highest BCUT2D eigenvalue weighted by Crippen LogP contribution is 2.37. The third-order valence-corrected chi connectivity index (χ3v) is 5.01. The number of carboxylic acids is 1. The number of carboxylic acid groups (broad SMARTS) is 1. The van der Waals surface area contributed by atoms with E-state index in [0.717, 1.165) is 11.3 Å². The van der Waals surface area contributed by atoms with Gasteiger partial charge in [0.05, 0.1) is 12.0 Å². The van der Waals surface area contributed by atoms with E-state index < -0.39 is 11.9 Å². The van der Waals surface area contributed by atoms with Gasteiger partial charge in [-0.05, 0) is 18.1 Å². The van der Waals surface area contributed by atoms with Gasteiger partial charge in [-0.15, -0.1) is 11.8 Å². The van der Waals surface area contributed by atoms with Gasteiger partial charge >= 0.3 is 12.0 Å². The van der Waals surface area contributed by atoms with E-state index in [4.69, 9.17) is 5.11 Å². The highest BCUT2D eigenvalue weighted by atomic mass is 32.2. The molecule has 106 valence electrons. The lowest BCUT2D eigenvalue weighted by Crippen LogP contribution is -2.40. The second-order valence-electron chi connectivity index (χ2n) is 5.12. The van der Waals surface area contributed by atoms with Crippen molar-refractivity contribution in [3.8, 4) is 0 Å². The monoisotopic (exact) mass is 292 g/mol. The molecule has 2 heterocycles. The summed E-state index contributed by atoms with van der Waals surface area (Å²) >= 11 is 1.74. The summed E-state index contributed by atoms with van der Waals surface area (Å²) in [5.41, 5.74) is 1.15. The van der Waals surface area contributed by atoms with E-state index in [1.54, 1.807) is 16.7 Å². The van der Waals surface area contributed by atoms with Crippen molar-refractivity contribution in [2.75, 3.05) is 18.8 Å². The molecule has 1 fully saturated rings. The highest BCUT2D eigenvalue weighted by Gasteiger charge is 2.32. The molecule has 6 heteroatoms. The van der Waals surface area contributed by atoms with Gasteiger partial charge in [-0.25, -0.2) is 4.79 Å². The Balaban J connectivity index is 1.62. The molecule has 0 aromatic heterocycles. The molecule has 20 heavy (non-hydrogen) atoms. The standard InChI is InChI=1S/C14H16N2O3S/c17-13(18)9-5-6-16(7-9)14(19)15-11-8-20-12-4-2-1-3-10(11)12/h1-4,9,11H,5-8H2,(H,15,19)(H,17,18). The molecule has 1 saturated heterocycles. The molecular formula is C14H16N2O3S. The second kappa shape index (κ2) is 5.36. The zero-order chi connectivity index (χ0) is 14.1. The molecule has 1 aromatic rings. The maximum Gasteiger partial charge on any atom is 0.317 e. The summed E-state index contributed by atoms with van der Waals surface area (Å²) in [6.07, 6.45) is 0.540. The molecule has 0 bridgehead atoms. The lowest BCUT2D eigenvalue weighted by atomic mass is 10.1. The van der Waals surface area contributed by atoms with Gasteiger partial charge in [-0.2, -0.15) is 0 Å². The second-order valence-corrected chi connectivity index (χ2v) is 6.18. The van der Waals surface area contributed by atoms with Gasteiger partial charge in [-0.3, -0.25) is 4.79 Å². The van der Waals surface area contributed by atoms with Crippen molar-refractivity contribution < 1.29 is 14.7 Å². The summed E-state index contributed by atoms with van der Waals surface area (Å²) < 4.78 is 0. The smallest absolute Gasteiger partial charge is 0.317 e.